The highest BCUT2D eigenvalue weighted by molar-refractivity contribution is 5.20. The first-order valence-corrected chi connectivity index (χ1v) is 8.80. The van der Waals surface area contributed by atoms with E-state index >= 15 is 0 Å². The molecule has 2 heteroatoms. The number of nitrogens with zero attached hydrogens (tertiary/aromatic N) is 1. The monoisotopic (exact) mass is 286 g/mol. The maximum Gasteiger partial charge on any atom is 0.0476 e. The molecule has 1 N–H and O–H groups in total. The van der Waals surface area contributed by atoms with Gasteiger partial charge in [0.1, 0.15) is 0 Å². The van der Waals surface area contributed by atoms with Gasteiger partial charge in [0.25, 0.3) is 0 Å². The fraction of sp³-hybridized carbons (Fsp3) is 0.684. The molecule has 0 bridgehead atoms. The third-order valence-electron chi connectivity index (χ3n) is 5.58. The molecule has 0 spiro atoms. The summed E-state index contributed by atoms with van der Waals surface area (Å²) in [5.41, 5.74) is 1.47. The molecule has 1 aromatic carbocycles. The van der Waals surface area contributed by atoms with Crippen LogP contribution in [0.15, 0.2) is 30.3 Å². The Morgan fingerprint density at radius 3 is 2.52 bits per heavy atom. The lowest BCUT2D eigenvalue weighted by molar-refractivity contribution is 0.0511. The molecule has 1 aliphatic heterocycles. The molecule has 1 saturated heterocycles. The minimum absolute atomic E-state index is 0.541. The smallest absolute Gasteiger partial charge is 0.0476 e. The van der Waals surface area contributed by atoms with E-state index in [0.717, 1.165) is 12.5 Å². The van der Waals surface area contributed by atoms with Gasteiger partial charge in [-0.15, -0.1) is 0 Å². The Labute approximate surface area is 129 Å². The molecular weight excluding hydrogens is 256 g/mol. The van der Waals surface area contributed by atoms with E-state index < -0.39 is 0 Å². The number of hydrogen-bond donors (Lipinski definition) is 1. The number of rotatable bonds is 3. The fourth-order valence-corrected chi connectivity index (χ4v) is 4.26. The molecule has 116 valence electrons. The van der Waals surface area contributed by atoms with Crippen LogP contribution < -0.4 is 5.32 Å². The zero-order chi connectivity index (χ0) is 14.7. The van der Waals surface area contributed by atoms with Crippen molar-refractivity contribution in [1.29, 1.82) is 0 Å². The molecule has 2 aliphatic rings. The second kappa shape index (κ2) is 6.93. The van der Waals surface area contributed by atoms with Crippen LogP contribution in [0.25, 0.3) is 0 Å². The Kier molecular flexibility index (Phi) is 4.97. The third-order valence-corrected chi connectivity index (χ3v) is 5.58. The van der Waals surface area contributed by atoms with Gasteiger partial charge in [-0.3, -0.25) is 4.90 Å². The van der Waals surface area contributed by atoms with Crippen molar-refractivity contribution in [3.05, 3.63) is 35.9 Å². The largest absolute Gasteiger partial charge is 0.311 e. The van der Waals surface area contributed by atoms with E-state index in [1.807, 2.05) is 0 Å². The van der Waals surface area contributed by atoms with Crippen molar-refractivity contribution in [1.82, 2.24) is 10.2 Å². The van der Waals surface area contributed by atoms with Gasteiger partial charge in [-0.2, -0.15) is 0 Å². The number of piperazine rings is 1. The lowest BCUT2D eigenvalue weighted by atomic mass is 9.82. The number of hydrogen-bond acceptors (Lipinski definition) is 2. The molecule has 1 aliphatic carbocycles. The lowest BCUT2D eigenvalue weighted by Crippen LogP contribution is -2.55. The molecule has 1 heterocycles. The normalized spacial score (nSPS) is 30.2. The first-order chi connectivity index (χ1) is 10.3. The molecule has 2 nitrogen and oxygen atoms in total. The van der Waals surface area contributed by atoms with Gasteiger partial charge in [0.05, 0.1) is 0 Å². The van der Waals surface area contributed by atoms with Crippen LogP contribution in [0, 0.1) is 5.92 Å². The van der Waals surface area contributed by atoms with Gasteiger partial charge >= 0.3 is 0 Å². The number of nitrogens with one attached hydrogen (secondary N) is 1. The van der Waals surface area contributed by atoms with Crippen molar-refractivity contribution in [3.8, 4) is 0 Å². The summed E-state index contributed by atoms with van der Waals surface area (Å²) in [6.45, 7) is 7.06. The van der Waals surface area contributed by atoms with Gasteiger partial charge in [0.15, 0.2) is 0 Å². The topological polar surface area (TPSA) is 15.3 Å². The summed E-state index contributed by atoms with van der Waals surface area (Å²) in [6, 6.07) is 12.9. The molecule has 2 fully saturated rings. The Morgan fingerprint density at radius 1 is 1.10 bits per heavy atom. The van der Waals surface area contributed by atoms with Gasteiger partial charge in [0, 0.05) is 31.2 Å². The summed E-state index contributed by atoms with van der Waals surface area (Å²) < 4.78 is 0. The van der Waals surface area contributed by atoms with Crippen LogP contribution in [0.4, 0.5) is 0 Å². The van der Waals surface area contributed by atoms with E-state index in [9.17, 15) is 0 Å². The lowest BCUT2D eigenvalue weighted by Gasteiger charge is -2.46. The Bertz CT molecular complexity index is 424. The van der Waals surface area contributed by atoms with Crippen LogP contribution >= 0.6 is 0 Å². The molecule has 1 saturated carbocycles. The van der Waals surface area contributed by atoms with Crippen LogP contribution in [0.2, 0.25) is 0 Å². The maximum atomic E-state index is 3.68. The fourth-order valence-electron chi connectivity index (χ4n) is 4.26. The average Bonchev–Trinajstić information content (AvgIpc) is 2.56. The first-order valence-electron chi connectivity index (χ1n) is 8.80. The highest BCUT2D eigenvalue weighted by atomic mass is 15.3. The SMILES string of the molecule is CC1CN(C(C)C2CCCCC2)C(c2ccccc2)CN1. The Hall–Kier alpha value is -0.860. The van der Waals surface area contributed by atoms with Crippen molar-refractivity contribution in [3.63, 3.8) is 0 Å². The summed E-state index contributed by atoms with van der Waals surface area (Å²) in [5.74, 6) is 0.898. The molecule has 0 amide bonds. The highest BCUT2D eigenvalue weighted by Crippen LogP contribution is 2.34. The minimum atomic E-state index is 0.541. The summed E-state index contributed by atoms with van der Waals surface area (Å²) in [4.78, 5) is 2.78. The van der Waals surface area contributed by atoms with E-state index in [2.05, 4.69) is 54.4 Å². The van der Waals surface area contributed by atoms with E-state index in [0.29, 0.717) is 18.1 Å². The van der Waals surface area contributed by atoms with Crippen LogP contribution in [0.1, 0.15) is 57.6 Å². The molecule has 3 atom stereocenters. The quantitative estimate of drug-likeness (QED) is 0.904. The summed E-state index contributed by atoms with van der Waals surface area (Å²) in [5, 5.41) is 3.68. The van der Waals surface area contributed by atoms with E-state index in [1.54, 1.807) is 0 Å². The predicted molar refractivity (Wildman–Crippen MR) is 89.4 cm³/mol. The molecule has 1 aromatic rings. The van der Waals surface area contributed by atoms with Crippen molar-refractivity contribution < 1.29 is 0 Å². The molecule has 21 heavy (non-hydrogen) atoms. The van der Waals surface area contributed by atoms with Crippen molar-refractivity contribution in [2.45, 2.75) is 64.1 Å². The average molecular weight is 286 g/mol. The van der Waals surface area contributed by atoms with Gasteiger partial charge in [-0.25, -0.2) is 0 Å². The summed E-state index contributed by atoms with van der Waals surface area (Å²) >= 11 is 0. The standard InChI is InChI=1S/C19H30N2/c1-15-14-21(16(2)17-9-5-3-6-10-17)19(13-20-15)18-11-7-4-8-12-18/h4,7-8,11-12,15-17,19-20H,3,5-6,9-10,13-14H2,1-2H3. The summed E-state index contributed by atoms with van der Waals surface area (Å²) in [7, 11) is 0. The molecule has 0 aromatic heterocycles. The molecular formula is C19H30N2. The second-order valence-corrected chi connectivity index (χ2v) is 7.07. The van der Waals surface area contributed by atoms with Gasteiger partial charge in [-0.1, -0.05) is 49.6 Å². The Morgan fingerprint density at radius 2 is 1.81 bits per heavy atom. The minimum Gasteiger partial charge on any atom is -0.311 e. The molecule has 0 radical (unpaired) electrons. The first kappa shape index (κ1) is 15.1. The third kappa shape index (κ3) is 3.49. The van der Waals surface area contributed by atoms with Crippen molar-refractivity contribution >= 4 is 0 Å². The van der Waals surface area contributed by atoms with Gasteiger partial charge in [-0.05, 0) is 38.2 Å². The summed E-state index contributed by atoms with van der Waals surface area (Å²) in [6.07, 6.45) is 7.19. The Balaban J connectivity index is 1.77. The predicted octanol–water partition coefficient (Wildman–Crippen LogP) is 3.99. The molecule has 3 unspecified atom stereocenters. The van der Waals surface area contributed by atoms with Crippen LogP contribution in [-0.2, 0) is 0 Å². The highest BCUT2D eigenvalue weighted by Gasteiger charge is 2.34. The zero-order valence-electron chi connectivity index (χ0n) is 13.6. The van der Waals surface area contributed by atoms with E-state index in [1.165, 1.54) is 44.2 Å². The van der Waals surface area contributed by atoms with Crippen LogP contribution in [-0.4, -0.2) is 30.1 Å². The molecule has 3 rings (SSSR count). The maximum absolute atomic E-state index is 3.68. The van der Waals surface area contributed by atoms with Gasteiger partial charge in [0.2, 0.25) is 0 Å². The van der Waals surface area contributed by atoms with Crippen molar-refractivity contribution in [2.24, 2.45) is 5.92 Å². The van der Waals surface area contributed by atoms with Crippen molar-refractivity contribution in [2.75, 3.05) is 13.1 Å². The van der Waals surface area contributed by atoms with E-state index in [-0.39, 0.29) is 0 Å². The van der Waals surface area contributed by atoms with E-state index in [4.69, 9.17) is 0 Å². The van der Waals surface area contributed by atoms with Crippen LogP contribution in [0.3, 0.4) is 0 Å². The zero-order valence-corrected chi connectivity index (χ0v) is 13.6. The number of benzene rings is 1. The van der Waals surface area contributed by atoms with Crippen LogP contribution in [0.5, 0.6) is 0 Å². The van der Waals surface area contributed by atoms with Gasteiger partial charge < -0.3 is 5.32 Å². The second-order valence-electron chi connectivity index (χ2n) is 7.07.